The second-order valence-electron chi connectivity index (χ2n) is 12.7. The van der Waals surface area contributed by atoms with Gasteiger partial charge in [-0.2, -0.15) is 0 Å². The van der Waals surface area contributed by atoms with Crippen LogP contribution in [-0.2, 0) is 40.9 Å². The van der Waals surface area contributed by atoms with Gasteiger partial charge in [-0.1, -0.05) is 34.5 Å². The van der Waals surface area contributed by atoms with Crippen LogP contribution in [0.5, 0.6) is 5.75 Å². The van der Waals surface area contributed by atoms with Crippen LogP contribution in [0.15, 0.2) is 48.5 Å². The maximum Gasteiger partial charge on any atom is 0.255 e. The van der Waals surface area contributed by atoms with E-state index in [0.717, 1.165) is 90.8 Å². The van der Waals surface area contributed by atoms with Crippen molar-refractivity contribution in [2.75, 3.05) is 0 Å². The molecule has 0 spiro atoms. The molecule has 242 valence electrons. The van der Waals surface area contributed by atoms with Crippen LogP contribution in [0.3, 0.4) is 0 Å². The van der Waals surface area contributed by atoms with E-state index in [4.69, 9.17) is 9.72 Å². The lowest BCUT2D eigenvalue weighted by molar-refractivity contribution is -0.136. The lowest BCUT2D eigenvalue weighted by Crippen LogP contribution is -2.52. The standard InChI is InChI=1S/C36H42BrN5O4/c1-23-24(7-2-3-8-26-9-6-10-27(20-37)40-26)13-14-28(39-23)21-38-31-11-4-5-12-33(31)46-29-15-16-30-25(19-29)22-42(36(30)45)32-17-18-34(43)41-35(32)44/h6,9-10,13-16,19,31-33,38H,2-5,7-8,11-12,17-18,20-22H2,1H3,(H,41,43,44)/t31-,32?,33-/m0/s1. The maximum atomic E-state index is 13.1. The lowest BCUT2D eigenvalue weighted by atomic mass is 9.92. The van der Waals surface area contributed by atoms with Crippen molar-refractivity contribution in [3.63, 3.8) is 0 Å². The normalized spacial score (nSPS) is 21.3. The zero-order valence-electron chi connectivity index (χ0n) is 26.4. The topological polar surface area (TPSA) is 114 Å². The van der Waals surface area contributed by atoms with Crippen molar-refractivity contribution in [2.24, 2.45) is 0 Å². The van der Waals surface area contributed by atoms with Crippen molar-refractivity contribution >= 4 is 33.7 Å². The molecule has 3 aromatic rings. The number of unbranched alkanes of at least 4 members (excludes halogenated alkanes) is 1. The number of pyridine rings is 2. The van der Waals surface area contributed by atoms with Crippen LogP contribution in [-0.4, -0.2) is 50.8 Å². The van der Waals surface area contributed by atoms with Crippen LogP contribution >= 0.6 is 15.9 Å². The summed E-state index contributed by atoms with van der Waals surface area (Å²) in [7, 11) is 0. The van der Waals surface area contributed by atoms with E-state index in [2.05, 4.69) is 62.7 Å². The van der Waals surface area contributed by atoms with E-state index in [-0.39, 0.29) is 30.4 Å². The summed E-state index contributed by atoms with van der Waals surface area (Å²) in [5.41, 5.74) is 7.11. The molecular formula is C36H42BrN5O4. The summed E-state index contributed by atoms with van der Waals surface area (Å²) in [6.45, 7) is 3.13. The number of benzene rings is 1. The van der Waals surface area contributed by atoms with Crippen molar-refractivity contribution < 1.29 is 19.1 Å². The van der Waals surface area contributed by atoms with Crippen molar-refractivity contribution in [3.8, 4) is 5.75 Å². The van der Waals surface area contributed by atoms with Crippen LogP contribution in [0.25, 0.3) is 0 Å². The number of fused-ring (bicyclic) bond motifs is 1. The van der Waals surface area contributed by atoms with E-state index >= 15 is 0 Å². The highest BCUT2D eigenvalue weighted by Gasteiger charge is 2.39. The first-order valence-corrected chi connectivity index (χ1v) is 17.6. The second-order valence-corrected chi connectivity index (χ2v) is 13.2. The second kappa shape index (κ2) is 14.9. The SMILES string of the molecule is Cc1nc(CN[C@H]2CCCC[C@@H]2Oc2ccc3c(c2)CN(C2CCC(=O)NC2=O)C3=O)ccc1CCCCc1cccc(CBr)n1. The number of imide groups is 1. The van der Waals surface area contributed by atoms with Gasteiger partial charge in [-0.25, -0.2) is 0 Å². The van der Waals surface area contributed by atoms with Gasteiger partial charge in [0.15, 0.2) is 0 Å². The van der Waals surface area contributed by atoms with E-state index in [1.807, 2.05) is 18.2 Å². The molecule has 2 N–H and O–H groups in total. The number of aromatic nitrogens is 2. The molecule has 2 fully saturated rings. The molecule has 46 heavy (non-hydrogen) atoms. The number of aryl methyl sites for hydroxylation is 3. The summed E-state index contributed by atoms with van der Waals surface area (Å²) in [5.74, 6) is -0.118. The summed E-state index contributed by atoms with van der Waals surface area (Å²) >= 11 is 3.49. The Bertz CT molecular complexity index is 1600. The molecule has 3 atom stereocenters. The molecule has 1 aromatic carbocycles. The van der Waals surface area contributed by atoms with Crippen molar-refractivity contribution in [1.82, 2.24) is 25.5 Å². The number of alkyl halides is 1. The van der Waals surface area contributed by atoms with Crippen LogP contribution in [0.2, 0.25) is 0 Å². The Labute approximate surface area is 279 Å². The van der Waals surface area contributed by atoms with Crippen molar-refractivity contribution in [3.05, 3.63) is 88.0 Å². The number of nitrogens with one attached hydrogen (secondary N) is 2. The molecule has 1 saturated carbocycles. The molecule has 10 heteroatoms. The molecule has 2 aromatic heterocycles. The van der Waals surface area contributed by atoms with Gasteiger partial charge in [0.1, 0.15) is 17.9 Å². The molecule has 3 amide bonds. The van der Waals surface area contributed by atoms with E-state index in [1.165, 1.54) is 5.56 Å². The summed E-state index contributed by atoms with van der Waals surface area (Å²) in [6, 6.07) is 15.8. The summed E-state index contributed by atoms with van der Waals surface area (Å²) in [6.07, 6.45) is 9.07. The molecular weight excluding hydrogens is 646 g/mol. The lowest BCUT2D eigenvalue weighted by Gasteiger charge is -2.32. The van der Waals surface area contributed by atoms with Gasteiger partial charge in [-0.05, 0) is 106 Å². The average Bonchev–Trinajstić information content (AvgIpc) is 3.38. The van der Waals surface area contributed by atoms with Gasteiger partial charge in [-0.15, -0.1) is 0 Å². The minimum atomic E-state index is -0.620. The third kappa shape index (κ3) is 7.66. The molecule has 0 bridgehead atoms. The molecule has 1 unspecified atom stereocenters. The number of carbonyl (C=O) groups excluding carboxylic acids is 3. The maximum absolute atomic E-state index is 13.1. The summed E-state index contributed by atoms with van der Waals surface area (Å²) < 4.78 is 6.53. The zero-order valence-corrected chi connectivity index (χ0v) is 28.0. The van der Waals surface area contributed by atoms with Crippen LogP contribution < -0.4 is 15.4 Å². The number of hydrogen-bond donors (Lipinski definition) is 2. The Kier molecular flexibility index (Phi) is 10.4. The van der Waals surface area contributed by atoms with Gasteiger partial charge in [-0.3, -0.25) is 29.7 Å². The minimum absolute atomic E-state index is 0.0141. The molecule has 0 radical (unpaired) electrons. The van der Waals surface area contributed by atoms with Crippen molar-refractivity contribution in [1.29, 1.82) is 0 Å². The fraction of sp³-hybridized carbons (Fsp3) is 0.472. The van der Waals surface area contributed by atoms with Gasteiger partial charge in [0.05, 0.1) is 11.4 Å². The van der Waals surface area contributed by atoms with E-state index < -0.39 is 11.9 Å². The average molecular weight is 689 g/mol. The minimum Gasteiger partial charge on any atom is -0.489 e. The Hall–Kier alpha value is -3.63. The first kappa shape index (κ1) is 32.3. The van der Waals surface area contributed by atoms with E-state index in [0.29, 0.717) is 25.1 Å². The number of amides is 3. The van der Waals surface area contributed by atoms with Crippen LogP contribution in [0, 0.1) is 6.92 Å². The molecule has 1 saturated heterocycles. The third-order valence-electron chi connectivity index (χ3n) is 9.41. The Balaban J connectivity index is 1.00. The zero-order chi connectivity index (χ0) is 32.0. The van der Waals surface area contributed by atoms with Gasteiger partial charge in [0.2, 0.25) is 11.8 Å². The van der Waals surface area contributed by atoms with Gasteiger partial charge in [0, 0.05) is 47.8 Å². The first-order valence-electron chi connectivity index (χ1n) is 16.5. The molecule has 6 rings (SSSR count). The highest BCUT2D eigenvalue weighted by molar-refractivity contribution is 9.08. The Morgan fingerprint density at radius 3 is 2.61 bits per heavy atom. The fourth-order valence-electron chi connectivity index (χ4n) is 6.88. The highest BCUT2D eigenvalue weighted by atomic mass is 79.9. The Morgan fingerprint density at radius 2 is 1.78 bits per heavy atom. The largest absolute Gasteiger partial charge is 0.489 e. The number of rotatable bonds is 12. The smallest absolute Gasteiger partial charge is 0.255 e. The quantitative estimate of drug-likeness (QED) is 0.147. The molecule has 9 nitrogen and oxygen atoms in total. The van der Waals surface area contributed by atoms with Crippen molar-refractivity contribution in [2.45, 2.75) is 108 Å². The van der Waals surface area contributed by atoms with Gasteiger partial charge < -0.3 is 15.0 Å². The number of piperidine rings is 1. The number of halogens is 1. The third-order valence-corrected chi connectivity index (χ3v) is 9.99. The summed E-state index contributed by atoms with van der Waals surface area (Å²) in [5, 5.41) is 6.87. The highest BCUT2D eigenvalue weighted by Crippen LogP contribution is 2.32. The molecule has 2 aliphatic heterocycles. The fourth-order valence-corrected chi connectivity index (χ4v) is 7.19. The predicted octanol–water partition coefficient (Wildman–Crippen LogP) is 5.49. The molecule has 4 heterocycles. The van der Waals surface area contributed by atoms with Crippen LogP contribution in [0.1, 0.15) is 95.6 Å². The number of hydrogen-bond acceptors (Lipinski definition) is 7. The van der Waals surface area contributed by atoms with Gasteiger partial charge in [0.25, 0.3) is 5.91 Å². The van der Waals surface area contributed by atoms with E-state index in [9.17, 15) is 14.4 Å². The Morgan fingerprint density at radius 1 is 0.957 bits per heavy atom. The number of ether oxygens (including phenoxy) is 1. The molecule has 3 aliphatic rings. The number of carbonyl (C=O) groups is 3. The predicted molar refractivity (Wildman–Crippen MR) is 178 cm³/mol. The first-order chi connectivity index (χ1) is 22.4. The van der Waals surface area contributed by atoms with Crippen LogP contribution in [0.4, 0.5) is 0 Å². The number of nitrogens with zero attached hydrogens (tertiary/aromatic N) is 3. The monoisotopic (exact) mass is 687 g/mol. The van der Waals surface area contributed by atoms with E-state index in [1.54, 1.807) is 11.0 Å². The summed E-state index contributed by atoms with van der Waals surface area (Å²) in [4.78, 5) is 48.2. The molecule has 1 aliphatic carbocycles. The van der Waals surface area contributed by atoms with Gasteiger partial charge >= 0.3 is 0 Å².